The highest BCUT2D eigenvalue weighted by Gasteiger charge is 1.96. The number of benzene rings is 2. The van der Waals surface area contributed by atoms with Crippen molar-refractivity contribution < 1.29 is 0 Å². The summed E-state index contributed by atoms with van der Waals surface area (Å²) in [5, 5.41) is 0. The minimum Gasteiger partial charge on any atom is -0.389 e. The van der Waals surface area contributed by atoms with Crippen molar-refractivity contribution >= 4 is 34.8 Å². The van der Waals surface area contributed by atoms with Crippen LogP contribution < -0.4 is 10.6 Å². The Morgan fingerprint density at radius 1 is 1.05 bits per heavy atom. The molecular formula is C16H17N3S. The predicted octanol–water partition coefficient (Wildman–Crippen LogP) is 3.14. The third-order valence-corrected chi connectivity index (χ3v) is 3.16. The number of aliphatic imine (C=N–C) groups is 1. The van der Waals surface area contributed by atoms with Crippen LogP contribution in [0.15, 0.2) is 53.5 Å². The van der Waals surface area contributed by atoms with Crippen LogP contribution in [0.4, 0.5) is 11.4 Å². The average Bonchev–Trinajstić information content (AvgIpc) is 2.46. The number of nitrogens with two attached hydrogens (primary N) is 1. The Kier molecular flexibility index (Phi) is 4.48. The van der Waals surface area contributed by atoms with Crippen molar-refractivity contribution in [2.75, 3.05) is 19.0 Å². The molecule has 102 valence electrons. The molecule has 0 heterocycles. The third-order valence-electron chi connectivity index (χ3n) is 2.92. The van der Waals surface area contributed by atoms with Crippen molar-refractivity contribution in [3.05, 3.63) is 59.7 Å². The summed E-state index contributed by atoms with van der Waals surface area (Å²) in [5.74, 6) is 0. The van der Waals surface area contributed by atoms with E-state index >= 15 is 0 Å². The largest absolute Gasteiger partial charge is 0.389 e. The zero-order valence-corrected chi connectivity index (χ0v) is 12.4. The molecule has 0 radical (unpaired) electrons. The summed E-state index contributed by atoms with van der Waals surface area (Å²) in [6, 6.07) is 15.8. The van der Waals surface area contributed by atoms with Crippen LogP contribution in [0.5, 0.6) is 0 Å². The molecule has 0 spiro atoms. The average molecular weight is 283 g/mol. The van der Waals surface area contributed by atoms with E-state index in [0.717, 1.165) is 16.8 Å². The lowest BCUT2D eigenvalue weighted by atomic mass is 10.2. The predicted molar refractivity (Wildman–Crippen MR) is 90.4 cm³/mol. The van der Waals surface area contributed by atoms with E-state index in [1.165, 1.54) is 5.69 Å². The standard InChI is InChI=1S/C16H17N3S/c1-19(2)15-9-3-12(4-10-15)11-18-14-7-5-13(6-8-14)16(17)20/h3-11H,1-2H3,(H2,17,20). The van der Waals surface area contributed by atoms with E-state index in [1.54, 1.807) is 0 Å². The first kappa shape index (κ1) is 14.2. The van der Waals surface area contributed by atoms with E-state index in [2.05, 4.69) is 22.0 Å². The number of nitrogens with zero attached hydrogens (tertiary/aromatic N) is 2. The summed E-state index contributed by atoms with van der Waals surface area (Å²) < 4.78 is 0. The molecular weight excluding hydrogens is 266 g/mol. The first-order valence-corrected chi connectivity index (χ1v) is 6.68. The van der Waals surface area contributed by atoms with Crippen LogP contribution in [0, 0.1) is 0 Å². The van der Waals surface area contributed by atoms with Gasteiger partial charge in [0.05, 0.1) is 5.69 Å². The molecule has 0 aliphatic carbocycles. The maximum Gasteiger partial charge on any atom is 0.103 e. The zero-order chi connectivity index (χ0) is 14.5. The van der Waals surface area contributed by atoms with Crippen LogP contribution >= 0.6 is 12.2 Å². The van der Waals surface area contributed by atoms with Crippen molar-refractivity contribution in [2.45, 2.75) is 0 Å². The first-order valence-electron chi connectivity index (χ1n) is 6.27. The van der Waals surface area contributed by atoms with E-state index in [1.807, 2.05) is 56.7 Å². The Balaban J connectivity index is 2.10. The maximum atomic E-state index is 5.56. The molecule has 0 aliphatic rings. The van der Waals surface area contributed by atoms with Crippen LogP contribution in [0.3, 0.4) is 0 Å². The molecule has 20 heavy (non-hydrogen) atoms. The normalized spacial score (nSPS) is 10.7. The molecule has 2 rings (SSSR count). The topological polar surface area (TPSA) is 41.6 Å². The second-order valence-corrected chi connectivity index (χ2v) is 5.10. The fourth-order valence-electron chi connectivity index (χ4n) is 1.72. The molecule has 0 saturated carbocycles. The second kappa shape index (κ2) is 6.30. The van der Waals surface area contributed by atoms with Crippen molar-refractivity contribution in [1.82, 2.24) is 0 Å². The monoisotopic (exact) mass is 283 g/mol. The van der Waals surface area contributed by atoms with Gasteiger partial charge in [0.25, 0.3) is 0 Å². The number of thiocarbonyl (C=S) groups is 1. The third kappa shape index (κ3) is 3.65. The van der Waals surface area contributed by atoms with E-state index in [-0.39, 0.29) is 0 Å². The molecule has 0 amide bonds. The van der Waals surface area contributed by atoms with Crippen LogP contribution in [-0.2, 0) is 0 Å². The number of rotatable bonds is 4. The molecule has 2 aromatic rings. The molecule has 4 heteroatoms. The van der Waals surface area contributed by atoms with Gasteiger partial charge in [0.2, 0.25) is 0 Å². The summed E-state index contributed by atoms with van der Waals surface area (Å²) in [6.07, 6.45) is 1.84. The van der Waals surface area contributed by atoms with Crippen molar-refractivity contribution in [2.24, 2.45) is 10.7 Å². The van der Waals surface area contributed by atoms with Crippen LogP contribution in [0.25, 0.3) is 0 Å². The van der Waals surface area contributed by atoms with Gasteiger partial charge in [-0.25, -0.2) is 0 Å². The lowest BCUT2D eigenvalue weighted by Gasteiger charge is -2.11. The molecule has 0 bridgehead atoms. The van der Waals surface area contributed by atoms with E-state index < -0.39 is 0 Å². The molecule has 0 fully saturated rings. The van der Waals surface area contributed by atoms with Crippen LogP contribution in [0.2, 0.25) is 0 Å². The number of hydrogen-bond donors (Lipinski definition) is 1. The molecule has 0 unspecified atom stereocenters. The Morgan fingerprint density at radius 3 is 2.15 bits per heavy atom. The summed E-state index contributed by atoms with van der Waals surface area (Å²) in [7, 11) is 4.04. The highest BCUT2D eigenvalue weighted by atomic mass is 32.1. The molecule has 0 aromatic heterocycles. The van der Waals surface area contributed by atoms with Gasteiger partial charge in [0.1, 0.15) is 4.99 Å². The zero-order valence-electron chi connectivity index (χ0n) is 11.6. The summed E-state index contributed by atoms with van der Waals surface area (Å²) in [6.45, 7) is 0. The van der Waals surface area contributed by atoms with Gasteiger partial charge in [-0.2, -0.15) is 0 Å². The smallest absolute Gasteiger partial charge is 0.103 e. The van der Waals surface area contributed by atoms with Crippen molar-refractivity contribution in [1.29, 1.82) is 0 Å². The van der Waals surface area contributed by atoms with Gasteiger partial charge in [-0.05, 0) is 42.0 Å². The lowest BCUT2D eigenvalue weighted by Crippen LogP contribution is -2.08. The Hall–Kier alpha value is -2.20. The van der Waals surface area contributed by atoms with Crippen LogP contribution in [-0.4, -0.2) is 25.3 Å². The Morgan fingerprint density at radius 2 is 1.65 bits per heavy atom. The quantitative estimate of drug-likeness (QED) is 0.692. The fraction of sp³-hybridized carbons (Fsp3) is 0.125. The molecule has 2 aromatic carbocycles. The lowest BCUT2D eigenvalue weighted by molar-refractivity contribution is 1.13. The van der Waals surface area contributed by atoms with Gasteiger partial charge in [0, 0.05) is 31.6 Å². The van der Waals surface area contributed by atoms with Crippen molar-refractivity contribution in [3.63, 3.8) is 0 Å². The summed E-state index contributed by atoms with van der Waals surface area (Å²) >= 11 is 4.92. The van der Waals surface area contributed by atoms with Gasteiger partial charge >= 0.3 is 0 Å². The van der Waals surface area contributed by atoms with E-state index in [0.29, 0.717) is 4.99 Å². The van der Waals surface area contributed by atoms with Gasteiger partial charge in [-0.1, -0.05) is 24.4 Å². The van der Waals surface area contributed by atoms with Crippen molar-refractivity contribution in [3.8, 4) is 0 Å². The molecule has 0 saturated heterocycles. The second-order valence-electron chi connectivity index (χ2n) is 4.66. The van der Waals surface area contributed by atoms with Gasteiger partial charge in [-0.3, -0.25) is 4.99 Å². The van der Waals surface area contributed by atoms with Gasteiger partial charge < -0.3 is 10.6 Å². The highest BCUT2D eigenvalue weighted by Crippen LogP contribution is 2.15. The fourth-order valence-corrected chi connectivity index (χ4v) is 1.86. The summed E-state index contributed by atoms with van der Waals surface area (Å²) in [5.41, 5.74) is 9.52. The summed E-state index contributed by atoms with van der Waals surface area (Å²) in [4.78, 5) is 6.90. The SMILES string of the molecule is CN(C)c1ccc(C=Nc2ccc(C(N)=S)cc2)cc1. The van der Waals surface area contributed by atoms with Gasteiger partial charge in [0.15, 0.2) is 0 Å². The van der Waals surface area contributed by atoms with Gasteiger partial charge in [-0.15, -0.1) is 0 Å². The molecule has 0 aliphatic heterocycles. The molecule has 3 nitrogen and oxygen atoms in total. The minimum atomic E-state index is 0.403. The Labute approximate surface area is 124 Å². The van der Waals surface area contributed by atoms with Crippen LogP contribution in [0.1, 0.15) is 11.1 Å². The number of hydrogen-bond acceptors (Lipinski definition) is 3. The maximum absolute atomic E-state index is 5.56. The number of anilines is 1. The Bertz CT molecular complexity index is 613. The van der Waals surface area contributed by atoms with E-state index in [9.17, 15) is 0 Å². The molecule has 2 N–H and O–H groups in total. The highest BCUT2D eigenvalue weighted by molar-refractivity contribution is 7.80. The minimum absolute atomic E-state index is 0.403. The van der Waals surface area contributed by atoms with E-state index in [4.69, 9.17) is 18.0 Å². The first-order chi connectivity index (χ1) is 9.56. The molecule has 0 atom stereocenters.